The highest BCUT2D eigenvalue weighted by atomic mass is 16.3. The number of rotatable bonds is 4. The second-order valence-corrected chi connectivity index (χ2v) is 4.52. The van der Waals surface area contributed by atoms with Gasteiger partial charge in [-0.3, -0.25) is 9.48 Å². The molecule has 2 aromatic rings. The Morgan fingerprint density at radius 3 is 2.56 bits per heavy atom. The third-order valence-electron chi connectivity index (χ3n) is 3.22. The van der Waals surface area contributed by atoms with Crippen molar-refractivity contribution in [2.24, 2.45) is 0 Å². The zero-order chi connectivity index (χ0) is 13.3. The minimum atomic E-state index is 0.0949. The summed E-state index contributed by atoms with van der Waals surface area (Å²) in [6.07, 6.45) is 4.04. The van der Waals surface area contributed by atoms with E-state index in [1.165, 1.54) is 0 Å². The van der Waals surface area contributed by atoms with E-state index in [2.05, 4.69) is 5.10 Å². The van der Waals surface area contributed by atoms with E-state index in [1.807, 2.05) is 38.6 Å². The first-order valence-electron chi connectivity index (χ1n) is 6.14. The van der Waals surface area contributed by atoms with Gasteiger partial charge in [-0.05, 0) is 33.3 Å². The predicted molar refractivity (Wildman–Crippen MR) is 68.9 cm³/mol. The molecule has 0 fully saturated rings. The molecule has 4 nitrogen and oxygen atoms in total. The second kappa shape index (κ2) is 4.80. The molecule has 0 saturated heterocycles. The second-order valence-electron chi connectivity index (χ2n) is 4.52. The molecular weight excluding hydrogens is 228 g/mol. The molecule has 2 rings (SSSR count). The van der Waals surface area contributed by atoms with Gasteiger partial charge in [-0.25, -0.2) is 0 Å². The molecule has 0 N–H and O–H groups in total. The Morgan fingerprint density at radius 1 is 1.33 bits per heavy atom. The molecule has 0 amide bonds. The van der Waals surface area contributed by atoms with E-state index in [9.17, 15) is 4.79 Å². The van der Waals surface area contributed by atoms with Crippen molar-refractivity contribution < 1.29 is 9.21 Å². The quantitative estimate of drug-likeness (QED) is 0.779. The van der Waals surface area contributed by atoms with Crippen molar-refractivity contribution in [3.63, 3.8) is 0 Å². The number of carbonyl (C=O) groups excluding carboxylic acids is 1. The highest BCUT2D eigenvalue weighted by Crippen LogP contribution is 2.22. The van der Waals surface area contributed by atoms with Crippen LogP contribution in [-0.2, 0) is 13.0 Å². The fraction of sp³-hybridized carbons (Fsp3) is 0.429. The summed E-state index contributed by atoms with van der Waals surface area (Å²) in [5.41, 5.74) is 2.61. The lowest BCUT2D eigenvalue weighted by atomic mass is 10.0. The molecule has 18 heavy (non-hydrogen) atoms. The summed E-state index contributed by atoms with van der Waals surface area (Å²) in [6.45, 7) is 8.48. The molecule has 0 aliphatic heterocycles. The van der Waals surface area contributed by atoms with Crippen molar-refractivity contribution in [1.82, 2.24) is 9.78 Å². The Hall–Kier alpha value is -1.84. The number of aryl methyl sites for hydroxylation is 3. The summed E-state index contributed by atoms with van der Waals surface area (Å²) in [4.78, 5) is 12.3. The summed E-state index contributed by atoms with van der Waals surface area (Å²) in [5, 5.41) is 4.17. The average Bonchev–Trinajstić information content (AvgIpc) is 2.85. The van der Waals surface area contributed by atoms with Crippen molar-refractivity contribution in [2.75, 3.05) is 0 Å². The predicted octanol–water partition coefficient (Wildman–Crippen LogP) is 2.85. The van der Waals surface area contributed by atoms with Crippen LogP contribution in [0.3, 0.4) is 0 Å². The molecule has 0 atom stereocenters. The fourth-order valence-electron chi connectivity index (χ4n) is 2.15. The van der Waals surface area contributed by atoms with E-state index in [-0.39, 0.29) is 5.78 Å². The van der Waals surface area contributed by atoms with Crippen LogP contribution >= 0.6 is 0 Å². The van der Waals surface area contributed by atoms with Crippen molar-refractivity contribution in [1.29, 1.82) is 0 Å². The standard InChI is InChI=1S/C14H18N2O2/c1-5-16-8-12(7-15-16)6-13(17)14-9(2)10(3)18-11(14)4/h7-8H,5-6H2,1-4H3. The van der Waals surface area contributed by atoms with Gasteiger partial charge < -0.3 is 4.42 Å². The first kappa shape index (κ1) is 12.6. The molecule has 0 radical (unpaired) electrons. The fourth-order valence-corrected chi connectivity index (χ4v) is 2.15. The average molecular weight is 246 g/mol. The highest BCUT2D eigenvalue weighted by Gasteiger charge is 2.19. The Balaban J connectivity index is 2.21. The molecular formula is C14H18N2O2. The van der Waals surface area contributed by atoms with Crippen LogP contribution in [0.4, 0.5) is 0 Å². The maximum atomic E-state index is 12.3. The van der Waals surface area contributed by atoms with E-state index in [0.717, 1.165) is 29.0 Å². The first-order valence-corrected chi connectivity index (χ1v) is 6.14. The third-order valence-corrected chi connectivity index (χ3v) is 3.22. The summed E-state index contributed by atoms with van der Waals surface area (Å²) in [5.74, 6) is 1.62. The Labute approximate surface area is 107 Å². The smallest absolute Gasteiger partial charge is 0.171 e. The van der Waals surface area contributed by atoms with Gasteiger partial charge in [-0.1, -0.05) is 0 Å². The molecule has 96 valence electrons. The zero-order valence-electron chi connectivity index (χ0n) is 11.3. The molecule has 0 spiro atoms. The number of furan rings is 1. The first-order chi connectivity index (χ1) is 8.52. The number of hydrogen-bond donors (Lipinski definition) is 0. The molecule has 2 aromatic heterocycles. The van der Waals surface area contributed by atoms with Gasteiger partial charge in [0.2, 0.25) is 0 Å². The number of carbonyl (C=O) groups is 1. The van der Waals surface area contributed by atoms with E-state index in [1.54, 1.807) is 6.20 Å². The normalized spacial score (nSPS) is 10.9. The van der Waals surface area contributed by atoms with Crippen LogP contribution in [0.15, 0.2) is 16.8 Å². The van der Waals surface area contributed by atoms with Crippen molar-refractivity contribution in [3.8, 4) is 0 Å². The molecule has 0 unspecified atom stereocenters. The Morgan fingerprint density at radius 2 is 2.06 bits per heavy atom. The van der Waals surface area contributed by atoms with E-state index in [4.69, 9.17) is 4.42 Å². The van der Waals surface area contributed by atoms with Crippen molar-refractivity contribution >= 4 is 5.78 Å². The van der Waals surface area contributed by atoms with Gasteiger partial charge in [0.05, 0.1) is 11.8 Å². The highest BCUT2D eigenvalue weighted by molar-refractivity contribution is 5.99. The number of ketones is 1. The molecule has 2 heterocycles. The number of aromatic nitrogens is 2. The minimum absolute atomic E-state index is 0.0949. The summed E-state index contributed by atoms with van der Waals surface area (Å²) >= 11 is 0. The van der Waals surface area contributed by atoms with Gasteiger partial charge in [-0.2, -0.15) is 5.10 Å². The molecule has 0 aromatic carbocycles. The number of Topliss-reactive ketones (excluding diaryl/α,β-unsaturated/α-hetero) is 1. The van der Waals surface area contributed by atoms with Gasteiger partial charge in [0, 0.05) is 24.7 Å². The summed E-state index contributed by atoms with van der Waals surface area (Å²) in [6, 6.07) is 0. The lowest BCUT2D eigenvalue weighted by Gasteiger charge is -1.99. The van der Waals surface area contributed by atoms with E-state index in [0.29, 0.717) is 12.2 Å². The van der Waals surface area contributed by atoms with Crippen LogP contribution in [-0.4, -0.2) is 15.6 Å². The van der Waals surface area contributed by atoms with Gasteiger partial charge in [-0.15, -0.1) is 0 Å². The SMILES string of the molecule is CCn1cc(CC(=O)c2c(C)oc(C)c2C)cn1. The molecule has 0 aliphatic carbocycles. The lowest BCUT2D eigenvalue weighted by Crippen LogP contribution is -2.05. The topological polar surface area (TPSA) is 48.0 Å². The van der Waals surface area contributed by atoms with Crippen LogP contribution in [0.1, 0.15) is 39.9 Å². The van der Waals surface area contributed by atoms with Crippen LogP contribution in [0.2, 0.25) is 0 Å². The van der Waals surface area contributed by atoms with Crippen molar-refractivity contribution in [3.05, 3.63) is 40.6 Å². The summed E-state index contributed by atoms with van der Waals surface area (Å²) in [7, 11) is 0. The maximum Gasteiger partial charge on any atom is 0.171 e. The van der Waals surface area contributed by atoms with E-state index < -0.39 is 0 Å². The van der Waals surface area contributed by atoms with Gasteiger partial charge >= 0.3 is 0 Å². The molecule has 4 heteroatoms. The van der Waals surface area contributed by atoms with Crippen molar-refractivity contribution in [2.45, 2.75) is 40.7 Å². The lowest BCUT2D eigenvalue weighted by molar-refractivity contribution is 0.0991. The zero-order valence-corrected chi connectivity index (χ0v) is 11.3. The largest absolute Gasteiger partial charge is 0.466 e. The van der Waals surface area contributed by atoms with Gasteiger partial charge in [0.25, 0.3) is 0 Å². The maximum absolute atomic E-state index is 12.3. The Kier molecular flexibility index (Phi) is 3.36. The molecule has 0 aliphatic rings. The van der Waals surface area contributed by atoms with Gasteiger partial charge in [0.1, 0.15) is 11.5 Å². The molecule has 0 bridgehead atoms. The van der Waals surface area contributed by atoms with Crippen LogP contribution in [0, 0.1) is 20.8 Å². The summed E-state index contributed by atoms with van der Waals surface area (Å²) < 4.78 is 7.31. The molecule has 0 saturated carbocycles. The minimum Gasteiger partial charge on any atom is -0.466 e. The van der Waals surface area contributed by atoms with Crippen LogP contribution in [0.5, 0.6) is 0 Å². The third kappa shape index (κ3) is 2.23. The van der Waals surface area contributed by atoms with Gasteiger partial charge in [0.15, 0.2) is 5.78 Å². The monoisotopic (exact) mass is 246 g/mol. The van der Waals surface area contributed by atoms with Crippen LogP contribution in [0.25, 0.3) is 0 Å². The van der Waals surface area contributed by atoms with E-state index >= 15 is 0 Å². The van der Waals surface area contributed by atoms with Crippen LogP contribution < -0.4 is 0 Å². The Bertz CT molecular complexity index is 579. The number of nitrogens with zero attached hydrogens (tertiary/aromatic N) is 2. The number of hydrogen-bond acceptors (Lipinski definition) is 3.